The molecule has 13 aromatic rings. The smallest absolute Gasteiger partial charge is 0.259 e. The lowest BCUT2D eigenvalue weighted by Gasteiger charge is -2.22. The Morgan fingerprint density at radius 1 is 0.374 bits per heavy atom. The van der Waals surface area contributed by atoms with Gasteiger partial charge in [-0.15, -0.1) is 22.7 Å². The lowest BCUT2D eigenvalue weighted by atomic mass is 10.2. The number of aromatic nitrogens is 10. The van der Waals surface area contributed by atoms with Gasteiger partial charge in [-0.1, -0.05) is 84.1 Å². The zero-order chi connectivity index (χ0) is 64.3. The summed E-state index contributed by atoms with van der Waals surface area (Å²) in [5.74, 6) is 3.26. The molecule has 5 aromatic carbocycles. The number of rotatable bonds is 12. The molecule has 8 aromatic heterocycles. The fraction of sp³-hybridized carbons (Fsp3) is 0.239. The van der Waals surface area contributed by atoms with Gasteiger partial charge in [0.2, 0.25) is 11.8 Å². The maximum atomic E-state index is 6.03. The average Bonchev–Trinajstić information content (AvgIpc) is 2.04. The summed E-state index contributed by atoms with van der Waals surface area (Å²) in [7, 11) is 0. The number of para-hydroxylation sites is 9. The molecular weight excluding hydrogens is 1210 g/mol. The van der Waals surface area contributed by atoms with Crippen LogP contribution >= 0.6 is 45.3 Å². The predicted octanol–water partition coefficient (Wildman–Crippen LogP) is 19.6. The van der Waals surface area contributed by atoms with E-state index in [0.29, 0.717) is 35.2 Å². The van der Waals surface area contributed by atoms with Gasteiger partial charge in [0.25, 0.3) is 11.8 Å². The molecule has 0 aliphatic heterocycles. The van der Waals surface area contributed by atoms with Gasteiger partial charge in [0.15, 0.2) is 21.9 Å². The normalized spacial score (nSPS) is 11.9. The second-order valence-corrected chi connectivity index (χ2v) is 28.7. The van der Waals surface area contributed by atoms with Crippen molar-refractivity contribution in [2.75, 3.05) is 10.6 Å². The molecule has 0 atom stereocenters. The predicted molar refractivity (Wildman–Crippen MR) is 379 cm³/mol. The van der Waals surface area contributed by atoms with E-state index >= 15 is 0 Å². The maximum absolute atomic E-state index is 6.03. The molecule has 2 N–H and O–H groups in total. The third kappa shape index (κ3) is 18.9. The van der Waals surface area contributed by atoms with Crippen LogP contribution in [-0.2, 0) is 0 Å². The fourth-order valence-electron chi connectivity index (χ4n) is 8.43. The number of fused-ring (bicyclic) bond motifs is 5. The highest BCUT2D eigenvalue weighted by molar-refractivity contribution is 7.22. The summed E-state index contributed by atoms with van der Waals surface area (Å²) < 4.78 is 25.1. The number of hydrogen-bond donors (Lipinski definition) is 2. The first-order valence-electron chi connectivity index (χ1n) is 29.5. The van der Waals surface area contributed by atoms with Gasteiger partial charge in [-0.25, -0.2) is 49.8 Å². The molecule has 0 bridgehead atoms. The zero-order valence-corrected chi connectivity index (χ0v) is 56.4. The Labute approximate surface area is 546 Å². The number of benzene rings is 5. The summed E-state index contributed by atoms with van der Waals surface area (Å²) >= 11 is 6.51. The van der Waals surface area contributed by atoms with Gasteiger partial charge in [-0.2, -0.15) is 11.3 Å². The Balaban J connectivity index is 0.000000133. The molecule has 8 heterocycles. The van der Waals surface area contributed by atoms with Crippen LogP contribution in [0.25, 0.3) is 78.7 Å². The van der Waals surface area contributed by atoms with E-state index < -0.39 is 0 Å². The second-order valence-electron chi connectivity index (χ2n) is 24.6. The summed E-state index contributed by atoms with van der Waals surface area (Å²) in [4.78, 5) is 48.4. The average molecular weight is 1290 g/mol. The van der Waals surface area contributed by atoms with Crippen LogP contribution in [-0.4, -0.2) is 72.2 Å². The molecule has 0 radical (unpaired) electrons. The Morgan fingerprint density at radius 2 is 0.780 bits per heavy atom. The Morgan fingerprint density at radius 3 is 1.19 bits per heavy atom. The van der Waals surface area contributed by atoms with Crippen molar-refractivity contribution in [2.45, 2.75) is 112 Å². The van der Waals surface area contributed by atoms with E-state index in [9.17, 15) is 0 Å². The molecule has 464 valence electrons. The molecule has 0 fully saturated rings. The minimum absolute atomic E-state index is 0.317. The third-order valence-corrected chi connectivity index (χ3v) is 15.4. The molecule has 91 heavy (non-hydrogen) atoms. The molecule has 13 rings (SSSR count). The highest BCUT2D eigenvalue weighted by Gasteiger charge is 2.23. The summed E-state index contributed by atoms with van der Waals surface area (Å²) in [5.41, 5.74) is 8.92. The van der Waals surface area contributed by atoms with Gasteiger partial charge in [-0.3, -0.25) is 0 Å². The van der Waals surface area contributed by atoms with Gasteiger partial charge in [0.05, 0.1) is 54.4 Å². The number of thiazole rings is 2. The van der Waals surface area contributed by atoms with E-state index in [-0.39, 0.29) is 22.4 Å². The first-order valence-corrected chi connectivity index (χ1v) is 32.9. The molecule has 0 unspecified atom stereocenters. The molecule has 0 aliphatic rings. The van der Waals surface area contributed by atoms with Gasteiger partial charge >= 0.3 is 0 Å². The number of nitrogens with one attached hydrogen (secondary N) is 2. The van der Waals surface area contributed by atoms with Crippen molar-refractivity contribution in [3.8, 4) is 23.5 Å². The Kier molecular flexibility index (Phi) is 20.1. The standard InChI is InChI=1S/C19H18N4OS.2C18H18N2OS.C16H18N4OS/c1-19(2,3)24-17-16(20-12-8-4-5-9-13(12)21-17)23-18-22-14-10-6-7-11-15(14)25-18;1-18(2,3)21-17-16(11-10-13-7-6-12-22-13)19-14-8-4-5-9-15(14)20-17;1-18(2,3)21-17-16(9-8-13-10-11-22-12-13)19-14-6-4-5-7-15(14)20-17;1-10-9-17-15(22-10)20-13-14(21-16(2,3)4)19-12-8-6-5-7-11(12)18-13/h4-11H,1-3H3,(H,20,22,23);2*4-12H,1-3H3;5-9H,1-4H3,(H,17,18,20)/b;11-10-;9-8+;. The van der Waals surface area contributed by atoms with Crippen LogP contribution in [0.5, 0.6) is 23.5 Å². The molecule has 16 nitrogen and oxygen atoms in total. The number of ether oxygens (including phenoxy) is 4. The summed E-state index contributed by atoms with van der Waals surface area (Å²) in [6.07, 6.45) is 9.82. The largest absolute Gasteiger partial charge is 0.470 e. The van der Waals surface area contributed by atoms with Gasteiger partial charge in [0, 0.05) is 16.0 Å². The first-order chi connectivity index (χ1) is 43.4. The van der Waals surface area contributed by atoms with Crippen molar-refractivity contribution < 1.29 is 18.9 Å². The van der Waals surface area contributed by atoms with Crippen molar-refractivity contribution in [1.82, 2.24) is 49.8 Å². The Bertz CT molecular complexity index is 4460. The first kappa shape index (κ1) is 64.6. The highest BCUT2D eigenvalue weighted by atomic mass is 32.1. The van der Waals surface area contributed by atoms with Crippen LogP contribution in [0.1, 0.15) is 110 Å². The second kappa shape index (κ2) is 28.2. The van der Waals surface area contributed by atoms with Gasteiger partial charge < -0.3 is 29.6 Å². The van der Waals surface area contributed by atoms with E-state index in [2.05, 4.69) is 89.8 Å². The van der Waals surface area contributed by atoms with Gasteiger partial charge in [0.1, 0.15) is 33.8 Å². The summed E-state index contributed by atoms with van der Waals surface area (Å²) in [6.45, 7) is 26.0. The van der Waals surface area contributed by atoms with E-state index in [1.807, 2.05) is 242 Å². The van der Waals surface area contributed by atoms with Crippen molar-refractivity contribution in [2.24, 2.45) is 0 Å². The topological polar surface area (TPSA) is 190 Å². The minimum atomic E-state index is -0.374. The molecule has 0 saturated heterocycles. The van der Waals surface area contributed by atoms with Crippen molar-refractivity contribution >= 4 is 146 Å². The number of thiophene rings is 2. The number of nitrogens with zero attached hydrogens (tertiary/aromatic N) is 10. The molecule has 0 aliphatic carbocycles. The minimum Gasteiger partial charge on any atom is -0.470 e. The fourth-order valence-corrected chi connectivity index (χ4v) is 11.2. The van der Waals surface area contributed by atoms with E-state index in [0.717, 1.165) is 86.4 Å². The summed E-state index contributed by atoms with van der Waals surface area (Å²) in [5, 5.41) is 14.2. The van der Waals surface area contributed by atoms with Crippen LogP contribution in [0.15, 0.2) is 162 Å². The lowest BCUT2D eigenvalue weighted by molar-refractivity contribution is 0.123. The molecule has 0 saturated carbocycles. The molecule has 20 heteroatoms. The van der Waals surface area contributed by atoms with E-state index in [1.54, 1.807) is 45.3 Å². The molecule has 0 amide bonds. The SMILES string of the molecule is CC(C)(C)Oc1nc2ccccc2nc1/C=C/c1ccsc1.CC(C)(C)Oc1nc2ccccc2nc1/C=C\c1cccs1.CC(C)(C)Oc1nc2ccccc2nc1Nc1nc2ccccc2s1.Cc1cnc(Nc2nc3ccccc3nc2OC(C)(C)C)s1. The van der Waals surface area contributed by atoms with Gasteiger partial charge in [-0.05, 0) is 203 Å². The quantitative estimate of drug-likeness (QED) is 0.117. The zero-order valence-electron chi connectivity index (χ0n) is 53.1. The maximum Gasteiger partial charge on any atom is 0.259 e. The van der Waals surface area contributed by atoms with Crippen LogP contribution < -0.4 is 29.6 Å². The lowest BCUT2D eigenvalue weighted by Crippen LogP contribution is -2.24. The number of anilines is 4. The Hall–Kier alpha value is -9.34. The molecule has 0 spiro atoms. The van der Waals surface area contributed by atoms with Crippen LogP contribution in [0.3, 0.4) is 0 Å². The van der Waals surface area contributed by atoms with Crippen molar-refractivity contribution in [3.63, 3.8) is 0 Å². The van der Waals surface area contributed by atoms with Crippen molar-refractivity contribution in [3.05, 3.63) is 189 Å². The monoisotopic (exact) mass is 1280 g/mol. The van der Waals surface area contributed by atoms with E-state index in [4.69, 9.17) is 23.9 Å². The molecular formula is C71H72N12O4S4. The highest BCUT2D eigenvalue weighted by Crippen LogP contribution is 2.35. The van der Waals surface area contributed by atoms with E-state index in [1.165, 1.54) is 4.88 Å². The van der Waals surface area contributed by atoms with Crippen molar-refractivity contribution in [1.29, 1.82) is 0 Å². The van der Waals surface area contributed by atoms with Crippen LogP contribution in [0.2, 0.25) is 0 Å². The number of hydrogen-bond acceptors (Lipinski definition) is 20. The van der Waals surface area contributed by atoms with Crippen LogP contribution in [0.4, 0.5) is 21.9 Å². The third-order valence-electron chi connectivity index (χ3n) is 12.1. The van der Waals surface area contributed by atoms with Crippen LogP contribution in [0, 0.1) is 6.92 Å². The summed E-state index contributed by atoms with van der Waals surface area (Å²) in [6, 6.07) is 45.4. The number of aryl methyl sites for hydroxylation is 1.